The van der Waals surface area contributed by atoms with Crippen molar-refractivity contribution in [3.63, 3.8) is 0 Å². The molecule has 166 valence electrons. The molecule has 31 heavy (non-hydrogen) atoms. The summed E-state index contributed by atoms with van der Waals surface area (Å²) in [5.41, 5.74) is 9.54. The molecule has 2 heterocycles. The van der Waals surface area contributed by atoms with Crippen LogP contribution in [0.5, 0.6) is 0 Å². The number of rotatable bonds is 6. The van der Waals surface area contributed by atoms with Crippen molar-refractivity contribution in [3.05, 3.63) is 71.0 Å². The third-order valence-corrected chi connectivity index (χ3v) is 6.22. The van der Waals surface area contributed by atoms with E-state index in [2.05, 4.69) is 11.4 Å². The van der Waals surface area contributed by atoms with Gasteiger partial charge in [0.1, 0.15) is 11.9 Å². The third-order valence-electron chi connectivity index (χ3n) is 6.22. The molecule has 2 aliphatic heterocycles. The average Bonchev–Trinajstić information content (AvgIpc) is 2.79. The van der Waals surface area contributed by atoms with Gasteiger partial charge in [0.05, 0.1) is 19.3 Å². The van der Waals surface area contributed by atoms with E-state index < -0.39 is 6.10 Å². The zero-order valence-electron chi connectivity index (χ0n) is 17.8. The van der Waals surface area contributed by atoms with Gasteiger partial charge in [-0.05, 0) is 41.7 Å². The Morgan fingerprint density at radius 1 is 1.26 bits per heavy atom. The number of hydrogen-bond acceptors (Lipinski definition) is 5. The normalized spacial score (nSPS) is 25.8. The molecule has 1 saturated heterocycles. The van der Waals surface area contributed by atoms with Crippen molar-refractivity contribution in [2.45, 2.75) is 37.1 Å². The minimum absolute atomic E-state index is 0.00539. The van der Waals surface area contributed by atoms with Gasteiger partial charge in [0.25, 0.3) is 5.91 Å². The van der Waals surface area contributed by atoms with Gasteiger partial charge in [-0.1, -0.05) is 36.4 Å². The molecule has 4 atom stereocenters. The molecule has 7 heteroatoms. The number of fused-ring (bicyclic) bond motifs is 1. The monoisotopic (exact) mass is 427 g/mol. The molecule has 2 aromatic rings. The number of ether oxygens (including phenoxy) is 2. The lowest BCUT2D eigenvalue weighted by molar-refractivity contribution is -0.150. The molecule has 1 amide bonds. The Labute approximate surface area is 182 Å². The summed E-state index contributed by atoms with van der Waals surface area (Å²) in [6, 6.07) is 14.1. The number of carbonyl (C=O) groups excluding carboxylic acids is 1. The molecule has 0 radical (unpaired) electrons. The lowest BCUT2D eigenvalue weighted by Crippen LogP contribution is -2.58. The van der Waals surface area contributed by atoms with E-state index in [0.717, 1.165) is 17.5 Å². The smallest absolute Gasteiger partial charge is 0.252 e. The number of hydrogen-bond donors (Lipinski definition) is 2. The summed E-state index contributed by atoms with van der Waals surface area (Å²) < 4.78 is 24.6. The number of halogens is 1. The van der Waals surface area contributed by atoms with Gasteiger partial charge in [-0.25, -0.2) is 4.39 Å². The first-order chi connectivity index (χ1) is 15.1. The maximum Gasteiger partial charge on any atom is 0.252 e. The summed E-state index contributed by atoms with van der Waals surface area (Å²) >= 11 is 0. The van der Waals surface area contributed by atoms with Gasteiger partial charge in [-0.3, -0.25) is 4.79 Å². The van der Waals surface area contributed by atoms with Crippen LogP contribution in [0.2, 0.25) is 0 Å². The minimum Gasteiger partial charge on any atom is -0.383 e. The highest BCUT2D eigenvalue weighted by atomic mass is 19.1. The fraction of sp³-hybridized carbons (Fsp3) is 0.458. The molecule has 0 aromatic heterocycles. The zero-order chi connectivity index (χ0) is 21.8. The quantitative estimate of drug-likeness (QED) is 0.690. The van der Waals surface area contributed by atoms with Crippen molar-refractivity contribution in [2.24, 2.45) is 5.73 Å². The molecule has 0 saturated carbocycles. The van der Waals surface area contributed by atoms with Crippen molar-refractivity contribution >= 4 is 5.91 Å². The summed E-state index contributed by atoms with van der Waals surface area (Å²) in [6.45, 7) is 2.25. The highest BCUT2D eigenvalue weighted by Gasteiger charge is 2.39. The number of methoxy groups -OCH3 is 1. The molecule has 2 aromatic carbocycles. The van der Waals surface area contributed by atoms with E-state index >= 15 is 0 Å². The van der Waals surface area contributed by atoms with Gasteiger partial charge in [-0.2, -0.15) is 0 Å². The first kappa shape index (κ1) is 21.9. The number of carbonyl (C=O) groups is 1. The Balaban J connectivity index is 1.53. The first-order valence-corrected chi connectivity index (χ1v) is 10.8. The van der Waals surface area contributed by atoms with Gasteiger partial charge < -0.3 is 25.4 Å². The fourth-order valence-electron chi connectivity index (χ4n) is 4.55. The van der Waals surface area contributed by atoms with Crippen LogP contribution in [0.3, 0.4) is 0 Å². The summed E-state index contributed by atoms with van der Waals surface area (Å²) in [7, 11) is 1.65. The van der Waals surface area contributed by atoms with Crippen molar-refractivity contribution in [1.82, 2.24) is 10.2 Å². The second kappa shape index (κ2) is 9.87. The van der Waals surface area contributed by atoms with Crippen LogP contribution in [-0.4, -0.2) is 62.4 Å². The highest BCUT2D eigenvalue weighted by Crippen LogP contribution is 2.36. The lowest BCUT2D eigenvalue weighted by atomic mass is 9.87. The Bertz CT molecular complexity index is 892. The topological polar surface area (TPSA) is 76.8 Å². The predicted octanol–water partition coefficient (Wildman–Crippen LogP) is 2.02. The van der Waals surface area contributed by atoms with Crippen LogP contribution < -0.4 is 11.1 Å². The average molecular weight is 428 g/mol. The van der Waals surface area contributed by atoms with E-state index in [1.165, 1.54) is 17.7 Å². The Kier molecular flexibility index (Phi) is 6.97. The van der Waals surface area contributed by atoms with Crippen molar-refractivity contribution < 1.29 is 18.7 Å². The minimum atomic E-state index is -0.580. The lowest BCUT2D eigenvalue weighted by Gasteiger charge is -2.41. The van der Waals surface area contributed by atoms with Gasteiger partial charge in [0, 0.05) is 32.3 Å². The van der Waals surface area contributed by atoms with Crippen LogP contribution in [0.25, 0.3) is 0 Å². The molecule has 4 rings (SSSR count). The van der Waals surface area contributed by atoms with Crippen LogP contribution in [-0.2, 0) is 20.7 Å². The molecule has 1 fully saturated rings. The molecule has 0 aliphatic carbocycles. The van der Waals surface area contributed by atoms with E-state index in [0.29, 0.717) is 32.7 Å². The summed E-state index contributed by atoms with van der Waals surface area (Å²) in [4.78, 5) is 15.4. The van der Waals surface area contributed by atoms with E-state index in [9.17, 15) is 9.18 Å². The standard InChI is InChI=1S/C24H30FN3O3/c1-30-13-11-27-21-15-31-22(14-20(21)26)24(29)28-12-10-16-4-2-3-5-19(16)23(28)17-6-8-18(25)9-7-17/h2-9,20-23,27H,10-15,26H2,1H3/t20-,21+,22+,23-/m0/s1. The second-order valence-electron chi connectivity index (χ2n) is 8.21. The summed E-state index contributed by atoms with van der Waals surface area (Å²) in [5.74, 6) is -0.353. The number of amides is 1. The van der Waals surface area contributed by atoms with E-state index in [-0.39, 0.29) is 29.8 Å². The van der Waals surface area contributed by atoms with Crippen LogP contribution >= 0.6 is 0 Å². The molecular weight excluding hydrogens is 397 g/mol. The van der Waals surface area contributed by atoms with Crippen molar-refractivity contribution in [1.29, 1.82) is 0 Å². The first-order valence-electron chi connectivity index (χ1n) is 10.8. The molecular formula is C24H30FN3O3. The molecule has 3 N–H and O–H groups in total. The largest absolute Gasteiger partial charge is 0.383 e. The van der Waals surface area contributed by atoms with Gasteiger partial charge in [0.15, 0.2) is 0 Å². The number of nitrogens with one attached hydrogen (secondary N) is 1. The van der Waals surface area contributed by atoms with Crippen LogP contribution in [0, 0.1) is 5.82 Å². The van der Waals surface area contributed by atoms with Crippen molar-refractivity contribution in [3.8, 4) is 0 Å². The maximum atomic E-state index is 13.6. The maximum absolute atomic E-state index is 13.6. The van der Waals surface area contributed by atoms with E-state index in [1.54, 1.807) is 19.2 Å². The number of nitrogens with two attached hydrogens (primary N) is 1. The van der Waals surface area contributed by atoms with Crippen molar-refractivity contribution in [2.75, 3.05) is 33.4 Å². The summed E-state index contributed by atoms with van der Waals surface area (Å²) in [6.07, 6.45) is 0.654. The van der Waals surface area contributed by atoms with Gasteiger partial charge >= 0.3 is 0 Å². The van der Waals surface area contributed by atoms with Crippen LogP contribution in [0.1, 0.15) is 29.2 Å². The third kappa shape index (κ3) is 4.80. The second-order valence-corrected chi connectivity index (χ2v) is 8.21. The molecule has 0 bridgehead atoms. The Morgan fingerprint density at radius 3 is 2.77 bits per heavy atom. The zero-order valence-corrected chi connectivity index (χ0v) is 17.8. The van der Waals surface area contributed by atoms with E-state index in [4.69, 9.17) is 15.2 Å². The van der Waals surface area contributed by atoms with Crippen LogP contribution in [0.15, 0.2) is 48.5 Å². The highest BCUT2D eigenvalue weighted by molar-refractivity contribution is 5.82. The molecule has 2 aliphatic rings. The number of benzene rings is 2. The fourth-order valence-corrected chi connectivity index (χ4v) is 4.55. The number of nitrogens with zero attached hydrogens (tertiary/aromatic N) is 1. The van der Waals surface area contributed by atoms with E-state index in [1.807, 2.05) is 23.1 Å². The molecule has 0 unspecified atom stereocenters. The Morgan fingerprint density at radius 2 is 2.03 bits per heavy atom. The Hall–Kier alpha value is -2.32. The summed E-state index contributed by atoms with van der Waals surface area (Å²) in [5, 5.41) is 3.33. The predicted molar refractivity (Wildman–Crippen MR) is 116 cm³/mol. The van der Waals surface area contributed by atoms with Crippen LogP contribution in [0.4, 0.5) is 4.39 Å². The molecule has 0 spiro atoms. The SMILES string of the molecule is COCCN[C@@H]1CO[C@@H](C(=O)N2CCc3ccccc3[C@@H]2c2ccc(F)cc2)C[C@@H]1N. The molecule has 6 nitrogen and oxygen atoms in total. The van der Waals surface area contributed by atoms with Gasteiger partial charge in [-0.15, -0.1) is 0 Å². The van der Waals surface area contributed by atoms with Gasteiger partial charge in [0.2, 0.25) is 0 Å².